The van der Waals surface area contributed by atoms with Gasteiger partial charge in [0.1, 0.15) is 11.6 Å². The summed E-state index contributed by atoms with van der Waals surface area (Å²) in [5.74, 6) is 1.58. The van der Waals surface area contributed by atoms with Gasteiger partial charge in [-0.15, -0.1) is 0 Å². The molecule has 0 saturated heterocycles. The Morgan fingerprint density at radius 1 is 1.40 bits per heavy atom. The van der Waals surface area contributed by atoms with Crippen molar-refractivity contribution in [1.82, 2.24) is 19.4 Å². The summed E-state index contributed by atoms with van der Waals surface area (Å²) in [6.45, 7) is 2.02. The van der Waals surface area contributed by atoms with Crippen LogP contribution in [0.5, 0.6) is 5.75 Å². The fourth-order valence-electron chi connectivity index (χ4n) is 3.25. The fourth-order valence-corrected chi connectivity index (χ4v) is 3.25. The summed E-state index contributed by atoms with van der Waals surface area (Å²) >= 11 is 0. The molecule has 0 aliphatic carbocycles. The molecule has 0 amide bonds. The molecular weight excluding hydrogens is 333 g/mol. The summed E-state index contributed by atoms with van der Waals surface area (Å²) in [6, 6.07) is 3.68. The van der Waals surface area contributed by atoms with Gasteiger partial charge >= 0.3 is 6.18 Å². The number of fused-ring (bicyclic) bond motifs is 1. The van der Waals surface area contributed by atoms with Crippen LogP contribution in [0.1, 0.15) is 23.6 Å². The second-order valence-corrected chi connectivity index (χ2v) is 6.48. The van der Waals surface area contributed by atoms with Crippen LogP contribution in [0.25, 0.3) is 0 Å². The van der Waals surface area contributed by atoms with E-state index in [0.29, 0.717) is 31.3 Å². The summed E-state index contributed by atoms with van der Waals surface area (Å²) < 4.78 is 45.2. The molecule has 1 atom stereocenters. The van der Waals surface area contributed by atoms with E-state index in [4.69, 9.17) is 4.74 Å². The van der Waals surface area contributed by atoms with Crippen molar-refractivity contribution in [3.63, 3.8) is 0 Å². The predicted molar refractivity (Wildman–Crippen MR) is 86.2 cm³/mol. The molecule has 25 heavy (non-hydrogen) atoms. The number of alkyl halides is 3. The first kappa shape index (κ1) is 17.7. The summed E-state index contributed by atoms with van der Waals surface area (Å²) in [6.07, 6.45) is -0.130. The first-order valence-electron chi connectivity index (χ1n) is 8.16. The third-order valence-electron chi connectivity index (χ3n) is 4.41. The molecule has 136 valence electrons. The lowest BCUT2D eigenvalue weighted by atomic mass is 9.99. The van der Waals surface area contributed by atoms with E-state index in [-0.39, 0.29) is 0 Å². The molecular formula is C17H21F3N4O. The van der Waals surface area contributed by atoms with Crippen molar-refractivity contribution in [2.75, 3.05) is 20.7 Å². The van der Waals surface area contributed by atoms with Crippen LogP contribution in [0.2, 0.25) is 0 Å². The average Bonchev–Trinajstić information content (AvgIpc) is 2.98. The summed E-state index contributed by atoms with van der Waals surface area (Å²) in [4.78, 5) is 10.2. The lowest BCUT2D eigenvalue weighted by Gasteiger charge is -2.28. The largest absolute Gasteiger partial charge is 0.497 e. The van der Waals surface area contributed by atoms with Gasteiger partial charge in [0.25, 0.3) is 0 Å². The molecule has 8 heteroatoms. The van der Waals surface area contributed by atoms with Gasteiger partial charge in [-0.1, -0.05) is 0 Å². The highest BCUT2D eigenvalue weighted by Crippen LogP contribution is 2.30. The summed E-state index contributed by atoms with van der Waals surface area (Å²) in [7, 11) is 3.61. The Balaban J connectivity index is 1.59. The Labute approximate surface area is 144 Å². The van der Waals surface area contributed by atoms with Gasteiger partial charge in [0, 0.05) is 44.5 Å². The number of ether oxygens (including phenoxy) is 1. The summed E-state index contributed by atoms with van der Waals surface area (Å²) in [5.41, 5.74) is 0.109. The SMILES string of the molecule is COc1ccnc(CN(C)C[C@@H]2CCc3nc(C(F)(F)F)cn3C2)c1. The number of rotatable bonds is 5. The number of pyridine rings is 1. The smallest absolute Gasteiger partial charge is 0.434 e. The lowest BCUT2D eigenvalue weighted by Crippen LogP contribution is -2.31. The maximum absolute atomic E-state index is 12.8. The Kier molecular flexibility index (Phi) is 4.99. The van der Waals surface area contributed by atoms with E-state index in [1.54, 1.807) is 23.9 Å². The van der Waals surface area contributed by atoms with E-state index < -0.39 is 11.9 Å². The topological polar surface area (TPSA) is 43.2 Å². The molecule has 5 nitrogen and oxygen atoms in total. The van der Waals surface area contributed by atoms with Crippen LogP contribution in [-0.4, -0.2) is 40.1 Å². The van der Waals surface area contributed by atoms with Crippen LogP contribution in [0.4, 0.5) is 13.2 Å². The van der Waals surface area contributed by atoms with Crippen molar-refractivity contribution < 1.29 is 17.9 Å². The normalized spacial score (nSPS) is 17.6. The van der Waals surface area contributed by atoms with E-state index in [1.807, 2.05) is 13.1 Å². The molecule has 0 bridgehead atoms. The second kappa shape index (κ2) is 7.03. The number of nitrogens with zero attached hydrogens (tertiary/aromatic N) is 4. The molecule has 1 aliphatic rings. The molecule has 3 rings (SSSR count). The van der Waals surface area contributed by atoms with E-state index in [1.165, 1.54) is 0 Å². The number of imidazole rings is 1. The first-order chi connectivity index (χ1) is 11.8. The highest BCUT2D eigenvalue weighted by Gasteiger charge is 2.35. The van der Waals surface area contributed by atoms with Gasteiger partial charge in [0.15, 0.2) is 5.69 Å². The summed E-state index contributed by atoms with van der Waals surface area (Å²) in [5, 5.41) is 0. The van der Waals surface area contributed by atoms with Crippen LogP contribution in [-0.2, 0) is 25.7 Å². The molecule has 1 aliphatic heterocycles. The Morgan fingerprint density at radius 2 is 2.20 bits per heavy atom. The van der Waals surface area contributed by atoms with E-state index in [0.717, 1.165) is 30.6 Å². The van der Waals surface area contributed by atoms with E-state index in [9.17, 15) is 13.2 Å². The van der Waals surface area contributed by atoms with Crippen LogP contribution in [0.15, 0.2) is 24.5 Å². The molecule has 0 fully saturated rings. The van der Waals surface area contributed by atoms with Crippen LogP contribution in [0, 0.1) is 5.92 Å². The van der Waals surface area contributed by atoms with Gasteiger partial charge in [-0.2, -0.15) is 13.2 Å². The van der Waals surface area contributed by atoms with Crippen molar-refractivity contribution in [2.24, 2.45) is 5.92 Å². The minimum atomic E-state index is -4.38. The first-order valence-corrected chi connectivity index (χ1v) is 8.16. The molecule has 2 aromatic rings. The van der Waals surface area contributed by atoms with Crippen LogP contribution < -0.4 is 4.74 Å². The number of halogens is 3. The minimum absolute atomic E-state index is 0.290. The van der Waals surface area contributed by atoms with Gasteiger partial charge in [-0.25, -0.2) is 4.98 Å². The highest BCUT2D eigenvalue weighted by molar-refractivity contribution is 5.22. The molecule has 0 unspecified atom stereocenters. The maximum atomic E-state index is 12.8. The quantitative estimate of drug-likeness (QED) is 0.828. The zero-order chi connectivity index (χ0) is 18.0. The highest BCUT2D eigenvalue weighted by atomic mass is 19.4. The van der Waals surface area contributed by atoms with Gasteiger partial charge in [0.05, 0.1) is 12.8 Å². The number of aromatic nitrogens is 3. The zero-order valence-corrected chi connectivity index (χ0v) is 14.3. The monoisotopic (exact) mass is 354 g/mol. The Morgan fingerprint density at radius 3 is 2.92 bits per heavy atom. The van der Waals surface area contributed by atoms with Crippen molar-refractivity contribution in [2.45, 2.75) is 32.1 Å². The van der Waals surface area contributed by atoms with Crippen molar-refractivity contribution in [1.29, 1.82) is 0 Å². The average molecular weight is 354 g/mol. The Hall–Kier alpha value is -2.09. The Bertz CT molecular complexity index is 729. The van der Waals surface area contributed by atoms with Gasteiger partial charge in [-0.3, -0.25) is 4.98 Å². The van der Waals surface area contributed by atoms with E-state index >= 15 is 0 Å². The zero-order valence-electron chi connectivity index (χ0n) is 14.3. The second-order valence-electron chi connectivity index (χ2n) is 6.48. The number of methoxy groups -OCH3 is 1. The molecule has 0 saturated carbocycles. The third-order valence-corrected chi connectivity index (χ3v) is 4.41. The predicted octanol–water partition coefficient (Wildman–Crippen LogP) is 3.00. The lowest BCUT2D eigenvalue weighted by molar-refractivity contribution is -0.141. The maximum Gasteiger partial charge on any atom is 0.434 e. The fraction of sp³-hybridized carbons (Fsp3) is 0.529. The van der Waals surface area contributed by atoms with Gasteiger partial charge in [0.2, 0.25) is 0 Å². The third kappa shape index (κ3) is 4.31. The van der Waals surface area contributed by atoms with E-state index in [2.05, 4.69) is 14.9 Å². The van der Waals surface area contributed by atoms with Gasteiger partial charge < -0.3 is 14.2 Å². The van der Waals surface area contributed by atoms with Gasteiger partial charge in [-0.05, 0) is 25.5 Å². The standard InChI is InChI=1S/C17H21F3N4O/c1-23(10-13-7-14(25-2)5-6-21-13)8-12-3-4-16-22-15(17(18,19)20)11-24(16)9-12/h5-7,11-12H,3-4,8-10H2,1-2H3/t12-/m0/s1. The number of aryl methyl sites for hydroxylation is 1. The number of hydrogen-bond acceptors (Lipinski definition) is 4. The van der Waals surface area contributed by atoms with Crippen LogP contribution >= 0.6 is 0 Å². The molecule has 2 aromatic heterocycles. The van der Waals surface area contributed by atoms with Crippen molar-refractivity contribution in [3.05, 3.63) is 41.7 Å². The van der Waals surface area contributed by atoms with Crippen molar-refractivity contribution >= 4 is 0 Å². The molecule has 0 aromatic carbocycles. The molecule has 0 N–H and O–H groups in total. The number of hydrogen-bond donors (Lipinski definition) is 0. The van der Waals surface area contributed by atoms with Crippen molar-refractivity contribution in [3.8, 4) is 5.75 Å². The van der Waals surface area contributed by atoms with Crippen LogP contribution in [0.3, 0.4) is 0 Å². The molecule has 0 radical (unpaired) electrons. The minimum Gasteiger partial charge on any atom is -0.497 e. The molecule has 3 heterocycles. The molecule has 0 spiro atoms.